The van der Waals surface area contributed by atoms with Crippen LogP contribution in [-0.2, 0) is 6.18 Å². The van der Waals surface area contributed by atoms with Crippen LogP contribution in [0.15, 0.2) is 48.8 Å². The van der Waals surface area contributed by atoms with Crippen LogP contribution < -0.4 is 21.1 Å². The molecule has 1 aliphatic rings. The van der Waals surface area contributed by atoms with Crippen molar-refractivity contribution in [2.75, 3.05) is 44.6 Å². The number of halogens is 3. The van der Waals surface area contributed by atoms with Gasteiger partial charge in [0.1, 0.15) is 17.8 Å². The SMILES string of the molecule is NC(=O)c1c(C(=O)Nc2ccc(OCCCN3CCNCC3)cc2C(F)(F)F)ncn1-c1nc2ccccc2[nH]1. The number of aromatic amines is 1. The molecule has 1 fully saturated rings. The first kappa shape index (κ1) is 27.1. The molecule has 0 aliphatic carbocycles. The number of rotatable bonds is 9. The first-order valence-electron chi connectivity index (χ1n) is 12.6. The predicted molar refractivity (Wildman–Crippen MR) is 141 cm³/mol. The number of hydrogen-bond acceptors (Lipinski definition) is 7. The number of benzene rings is 2. The van der Waals surface area contributed by atoms with Crippen molar-refractivity contribution in [3.05, 3.63) is 65.7 Å². The van der Waals surface area contributed by atoms with Crippen molar-refractivity contribution in [1.29, 1.82) is 0 Å². The summed E-state index contributed by atoms with van der Waals surface area (Å²) in [7, 11) is 0. The number of nitrogens with two attached hydrogens (primary N) is 1. The van der Waals surface area contributed by atoms with Crippen molar-refractivity contribution >= 4 is 28.5 Å². The Morgan fingerprint density at radius 1 is 1.12 bits per heavy atom. The van der Waals surface area contributed by atoms with Gasteiger partial charge in [-0.25, -0.2) is 9.97 Å². The fourth-order valence-corrected chi connectivity index (χ4v) is 4.52. The number of fused-ring (bicyclic) bond motifs is 1. The van der Waals surface area contributed by atoms with E-state index >= 15 is 0 Å². The topological polar surface area (TPSA) is 143 Å². The van der Waals surface area contributed by atoms with E-state index in [2.05, 4.69) is 30.5 Å². The van der Waals surface area contributed by atoms with Crippen LogP contribution in [0.5, 0.6) is 5.75 Å². The zero-order valence-corrected chi connectivity index (χ0v) is 21.3. The molecule has 0 spiro atoms. The first-order valence-corrected chi connectivity index (χ1v) is 12.6. The molecule has 5 N–H and O–H groups in total. The van der Waals surface area contributed by atoms with Gasteiger partial charge in [0, 0.05) is 32.7 Å². The molecule has 2 aromatic carbocycles. The van der Waals surface area contributed by atoms with E-state index in [-0.39, 0.29) is 24.0 Å². The third kappa shape index (κ3) is 5.92. The molecule has 210 valence electrons. The van der Waals surface area contributed by atoms with Crippen LogP contribution in [0.2, 0.25) is 0 Å². The molecule has 5 rings (SSSR count). The molecule has 1 aliphatic heterocycles. The van der Waals surface area contributed by atoms with Crippen LogP contribution in [-0.4, -0.2) is 75.6 Å². The lowest BCUT2D eigenvalue weighted by Crippen LogP contribution is -2.43. The van der Waals surface area contributed by atoms with Crippen molar-refractivity contribution in [1.82, 2.24) is 29.7 Å². The Hall–Kier alpha value is -4.43. The van der Waals surface area contributed by atoms with Crippen LogP contribution in [0.1, 0.15) is 33.0 Å². The maximum Gasteiger partial charge on any atom is 0.418 e. The average molecular weight is 557 g/mol. The summed E-state index contributed by atoms with van der Waals surface area (Å²) in [6, 6.07) is 10.3. The monoisotopic (exact) mass is 556 g/mol. The van der Waals surface area contributed by atoms with Gasteiger partial charge >= 0.3 is 6.18 Å². The second-order valence-corrected chi connectivity index (χ2v) is 9.21. The number of anilines is 1. The number of alkyl halides is 3. The molecule has 0 radical (unpaired) electrons. The zero-order valence-electron chi connectivity index (χ0n) is 21.3. The first-order chi connectivity index (χ1) is 19.2. The second-order valence-electron chi connectivity index (χ2n) is 9.21. The number of carbonyl (C=O) groups excluding carboxylic acids is 2. The van der Waals surface area contributed by atoms with Gasteiger partial charge in [-0.1, -0.05) is 12.1 Å². The van der Waals surface area contributed by atoms with Gasteiger partial charge in [0.2, 0.25) is 5.95 Å². The van der Waals surface area contributed by atoms with Gasteiger partial charge in [0.05, 0.1) is 28.9 Å². The average Bonchev–Trinajstić information content (AvgIpc) is 3.56. The maximum absolute atomic E-state index is 13.9. The summed E-state index contributed by atoms with van der Waals surface area (Å²) in [6.07, 6.45) is -2.98. The van der Waals surface area contributed by atoms with Crippen LogP contribution in [0.3, 0.4) is 0 Å². The Balaban J connectivity index is 1.33. The molecule has 40 heavy (non-hydrogen) atoms. The summed E-state index contributed by atoms with van der Waals surface area (Å²) in [4.78, 5) is 38.9. The predicted octanol–water partition coefficient (Wildman–Crippen LogP) is 2.79. The van der Waals surface area contributed by atoms with E-state index in [4.69, 9.17) is 10.5 Å². The molecule has 1 saturated heterocycles. The van der Waals surface area contributed by atoms with Crippen molar-refractivity contribution in [3.8, 4) is 11.7 Å². The number of hydrogen-bond donors (Lipinski definition) is 4. The van der Waals surface area contributed by atoms with Crippen LogP contribution in [0, 0.1) is 0 Å². The Labute approximate surface area is 226 Å². The molecular weight excluding hydrogens is 529 g/mol. The van der Waals surface area contributed by atoms with Gasteiger partial charge in [0.15, 0.2) is 5.69 Å². The fourth-order valence-electron chi connectivity index (χ4n) is 4.52. The fraction of sp³-hybridized carbons (Fsp3) is 0.308. The zero-order chi connectivity index (χ0) is 28.3. The Bertz CT molecular complexity index is 1490. The van der Waals surface area contributed by atoms with Crippen molar-refractivity contribution in [2.24, 2.45) is 5.73 Å². The van der Waals surface area contributed by atoms with Crippen LogP contribution in [0.4, 0.5) is 18.9 Å². The summed E-state index contributed by atoms with van der Waals surface area (Å²) < 4.78 is 48.5. The molecule has 2 amide bonds. The summed E-state index contributed by atoms with van der Waals surface area (Å²) >= 11 is 0. The molecule has 0 unspecified atom stereocenters. The number of ether oxygens (including phenoxy) is 1. The lowest BCUT2D eigenvalue weighted by atomic mass is 10.1. The minimum absolute atomic E-state index is 0.0256. The molecule has 4 aromatic rings. The number of piperazine rings is 1. The van der Waals surface area contributed by atoms with Crippen LogP contribution in [0.25, 0.3) is 17.0 Å². The van der Waals surface area contributed by atoms with E-state index < -0.39 is 34.9 Å². The van der Waals surface area contributed by atoms with Gasteiger partial charge in [-0.2, -0.15) is 13.2 Å². The quantitative estimate of drug-likeness (QED) is 0.232. The highest BCUT2D eigenvalue weighted by atomic mass is 19.4. The number of nitrogens with zero attached hydrogens (tertiary/aromatic N) is 4. The number of nitrogens with one attached hydrogen (secondary N) is 3. The highest BCUT2D eigenvalue weighted by molar-refractivity contribution is 6.10. The van der Waals surface area contributed by atoms with E-state index in [0.717, 1.165) is 51.2 Å². The summed E-state index contributed by atoms with van der Waals surface area (Å²) in [6.45, 7) is 4.67. The number of carbonyl (C=O) groups is 2. The molecule has 0 bridgehead atoms. The maximum atomic E-state index is 13.9. The smallest absolute Gasteiger partial charge is 0.418 e. The van der Waals surface area contributed by atoms with Crippen molar-refractivity contribution in [3.63, 3.8) is 0 Å². The highest BCUT2D eigenvalue weighted by Gasteiger charge is 2.35. The van der Waals surface area contributed by atoms with Crippen molar-refractivity contribution < 1.29 is 27.5 Å². The van der Waals surface area contributed by atoms with E-state index in [9.17, 15) is 22.8 Å². The molecule has 11 nitrogen and oxygen atoms in total. The number of aromatic nitrogens is 4. The number of para-hydroxylation sites is 2. The Kier molecular flexibility index (Phi) is 7.71. The third-order valence-electron chi connectivity index (χ3n) is 6.46. The number of primary amides is 1. The molecular formula is C26H27F3N8O3. The molecule has 2 aromatic heterocycles. The van der Waals surface area contributed by atoms with Crippen LogP contribution >= 0.6 is 0 Å². The standard InChI is InChI=1S/C26H27F3N8O3/c27-26(28,29)17-14-16(40-13-3-10-36-11-8-31-9-12-36)6-7-18(17)33-24(39)21-22(23(30)38)37(15-32-21)25-34-19-4-1-2-5-20(19)35-25/h1-2,4-7,14-15,31H,3,8-13H2,(H2,30,38)(H,33,39)(H,34,35). The number of imidazole rings is 2. The van der Waals surface area contributed by atoms with E-state index in [1.807, 2.05) is 0 Å². The molecule has 0 saturated carbocycles. The normalized spacial score (nSPS) is 14.4. The van der Waals surface area contributed by atoms with Gasteiger partial charge in [-0.3, -0.25) is 14.2 Å². The molecule has 14 heteroatoms. The largest absolute Gasteiger partial charge is 0.494 e. The number of amides is 2. The third-order valence-corrected chi connectivity index (χ3v) is 6.46. The van der Waals surface area contributed by atoms with Gasteiger partial charge in [0.25, 0.3) is 11.8 Å². The van der Waals surface area contributed by atoms with Crippen molar-refractivity contribution in [2.45, 2.75) is 12.6 Å². The lowest BCUT2D eigenvalue weighted by Gasteiger charge is -2.27. The van der Waals surface area contributed by atoms with E-state index in [1.54, 1.807) is 24.3 Å². The summed E-state index contributed by atoms with van der Waals surface area (Å²) in [5, 5.41) is 5.48. The van der Waals surface area contributed by atoms with E-state index in [1.165, 1.54) is 10.6 Å². The molecule has 3 heterocycles. The van der Waals surface area contributed by atoms with Gasteiger partial charge < -0.3 is 31.0 Å². The van der Waals surface area contributed by atoms with E-state index in [0.29, 0.717) is 17.5 Å². The van der Waals surface area contributed by atoms with Gasteiger partial charge in [-0.05, 0) is 36.8 Å². The Morgan fingerprint density at radius 2 is 1.90 bits per heavy atom. The Morgan fingerprint density at radius 3 is 2.62 bits per heavy atom. The number of H-pyrrole nitrogens is 1. The minimum Gasteiger partial charge on any atom is -0.494 e. The summed E-state index contributed by atoms with van der Waals surface area (Å²) in [5.74, 6) is -1.86. The molecule has 0 atom stereocenters. The highest BCUT2D eigenvalue weighted by Crippen LogP contribution is 2.37. The lowest BCUT2D eigenvalue weighted by molar-refractivity contribution is -0.137. The minimum atomic E-state index is -4.79. The second kappa shape index (κ2) is 11.4. The van der Waals surface area contributed by atoms with Gasteiger partial charge in [-0.15, -0.1) is 0 Å². The summed E-state index contributed by atoms with van der Waals surface area (Å²) in [5.41, 5.74) is 4.37.